The third kappa shape index (κ3) is 3.08. The second kappa shape index (κ2) is 6.05. The fraction of sp³-hybridized carbons (Fsp3) is 0.222. The minimum absolute atomic E-state index is 0.0232. The molecule has 0 saturated heterocycles. The molecule has 0 aliphatic carbocycles. The van der Waals surface area contributed by atoms with Crippen LogP contribution in [0.2, 0.25) is 5.02 Å². The van der Waals surface area contributed by atoms with Crippen molar-refractivity contribution in [3.8, 4) is 5.75 Å². The summed E-state index contributed by atoms with van der Waals surface area (Å²) in [7, 11) is 0. The average Bonchev–Trinajstić information content (AvgIpc) is 2.53. The Bertz CT molecular complexity index is 770. The van der Waals surface area contributed by atoms with Crippen molar-refractivity contribution in [2.45, 2.75) is 20.0 Å². The zero-order chi connectivity index (χ0) is 16.6. The zero-order valence-electron chi connectivity index (χ0n) is 12.9. The molecule has 2 aromatic rings. The predicted octanol–water partition coefficient (Wildman–Crippen LogP) is 3.65. The van der Waals surface area contributed by atoms with Crippen molar-refractivity contribution in [3.63, 3.8) is 0 Å². The van der Waals surface area contributed by atoms with Crippen molar-refractivity contribution in [1.29, 1.82) is 0 Å². The summed E-state index contributed by atoms with van der Waals surface area (Å²) in [4.78, 5) is 26.4. The molecule has 118 valence electrons. The van der Waals surface area contributed by atoms with Crippen LogP contribution in [0.1, 0.15) is 22.8 Å². The van der Waals surface area contributed by atoms with Crippen molar-refractivity contribution < 1.29 is 14.3 Å². The number of carbonyl (C=O) groups excluding carboxylic acids is 2. The standard InChI is InChI=1S/C18H16ClNO3/c1-11-3-8-17-15(9-11)20(18(22)12(2)23-17)10-16(21)13-4-6-14(19)7-5-13/h3-9,12H,10H2,1-2H3/t12-/m0/s1. The fourth-order valence-electron chi connectivity index (χ4n) is 2.55. The van der Waals surface area contributed by atoms with Crippen LogP contribution in [0.3, 0.4) is 0 Å². The number of Topliss-reactive ketones (excluding diaryl/α,β-unsaturated/α-hetero) is 1. The van der Waals surface area contributed by atoms with Crippen molar-refractivity contribution in [2.24, 2.45) is 0 Å². The summed E-state index contributed by atoms with van der Waals surface area (Å²) in [6.07, 6.45) is -0.608. The number of ether oxygens (including phenoxy) is 1. The molecule has 5 heteroatoms. The molecule has 2 aromatic carbocycles. The van der Waals surface area contributed by atoms with Gasteiger partial charge in [0.05, 0.1) is 12.2 Å². The lowest BCUT2D eigenvalue weighted by Gasteiger charge is -2.32. The van der Waals surface area contributed by atoms with E-state index < -0.39 is 6.10 Å². The first-order valence-corrected chi connectivity index (χ1v) is 7.71. The van der Waals surface area contributed by atoms with Crippen LogP contribution in [0.25, 0.3) is 0 Å². The maximum atomic E-state index is 12.5. The summed E-state index contributed by atoms with van der Waals surface area (Å²) in [5.41, 5.74) is 2.16. The first-order chi connectivity index (χ1) is 11.0. The number of halogens is 1. The molecule has 0 spiro atoms. The molecule has 1 amide bonds. The van der Waals surface area contributed by atoms with Crippen LogP contribution in [-0.2, 0) is 4.79 Å². The van der Waals surface area contributed by atoms with Gasteiger partial charge in [0.2, 0.25) is 0 Å². The highest BCUT2D eigenvalue weighted by atomic mass is 35.5. The maximum Gasteiger partial charge on any atom is 0.268 e. The summed E-state index contributed by atoms with van der Waals surface area (Å²) in [5, 5.41) is 0.568. The van der Waals surface area contributed by atoms with E-state index in [2.05, 4.69) is 0 Å². The maximum absolute atomic E-state index is 12.5. The van der Waals surface area contributed by atoms with E-state index in [1.807, 2.05) is 25.1 Å². The third-order valence-corrected chi connectivity index (χ3v) is 4.04. The number of anilines is 1. The number of fused-ring (bicyclic) bond motifs is 1. The van der Waals surface area contributed by atoms with Crippen LogP contribution in [-0.4, -0.2) is 24.3 Å². The lowest BCUT2D eigenvalue weighted by Crippen LogP contribution is -2.46. The minimum Gasteiger partial charge on any atom is -0.479 e. The largest absolute Gasteiger partial charge is 0.479 e. The van der Waals surface area contributed by atoms with Crippen molar-refractivity contribution in [3.05, 3.63) is 58.6 Å². The summed E-state index contributed by atoms with van der Waals surface area (Å²) < 4.78 is 5.61. The Balaban J connectivity index is 1.92. The van der Waals surface area contributed by atoms with Crippen molar-refractivity contribution in [1.82, 2.24) is 0 Å². The molecule has 3 rings (SSSR count). The van der Waals surface area contributed by atoms with Gasteiger partial charge in [-0.05, 0) is 55.8 Å². The molecular formula is C18H16ClNO3. The highest BCUT2D eigenvalue weighted by molar-refractivity contribution is 6.30. The molecule has 1 heterocycles. The van der Waals surface area contributed by atoms with Gasteiger partial charge in [0.1, 0.15) is 5.75 Å². The topological polar surface area (TPSA) is 46.6 Å². The Hall–Kier alpha value is -2.33. The summed E-state index contributed by atoms with van der Waals surface area (Å²) >= 11 is 5.84. The monoisotopic (exact) mass is 329 g/mol. The van der Waals surface area contributed by atoms with Crippen LogP contribution in [0.5, 0.6) is 5.75 Å². The van der Waals surface area contributed by atoms with E-state index in [1.54, 1.807) is 31.2 Å². The van der Waals surface area contributed by atoms with Crippen LogP contribution >= 0.6 is 11.6 Å². The Kier molecular flexibility index (Phi) is 4.09. The van der Waals surface area contributed by atoms with Crippen LogP contribution in [0, 0.1) is 6.92 Å². The van der Waals surface area contributed by atoms with E-state index in [1.165, 1.54) is 4.90 Å². The van der Waals surface area contributed by atoms with Crippen LogP contribution < -0.4 is 9.64 Å². The second-order valence-corrected chi connectivity index (χ2v) is 6.02. The number of benzene rings is 2. The normalized spacial score (nSPS) is 16.7. The highest BCUT2D eigenvalue weighted by Crippen LogP contribution is 2.34. The van der Waals surface area contributed by atoms with Crippen LogP contribution in [0.4, 0.5) is 5.69 Å². The average molecular weight is 330 g/mol. The summed E-state index contributed by atoms with van der Waals surface area (Å²) in [6.45, 7) is 3.59. The van der Waals surface area contributed by atoms with Gasteiger partial charge in [0.15, 0.2) is 11.9 Å². The number of rotatable bonds is 3. The molecule has 23 heavy (non-hydrogen) atoms. The molecule has 0 unspecified atom stereocenters. The van der Waals surface area contributed by atoms with Crippen molar-refractivity contribution >= 4 is 29.0 Å². The zero-order valence-corrected chi connectivity index (χ0v) is 13.6. The Morgan fingerprint density at radius 1 is 1.22 bits per heavy atom. The number of hydrogen-bond acceptors (Lipinski definition) is 3. The quantitative estimate of drug-likeness (QED) is 0.808. The van der Waals surface area contributed by atoms with E-state index in [0.29, 0.717) is 22.0 Å². The van der Waals surface area contributed by atoms with E-state index in [0.717, 1.165) is 5.56 Å². The summed E-state index contributed by atoms with van der Waals surface area (Å²) in [6, 6.07) is 12.3. The Labute approximate surface area is 139 Å². The third-order valence-electron chi connectivity index (χ3n) is 3.79. The molecule has 0 aromatic heterocycles. The number of nitrogens with zero attached hydrogens (tertiary/aromatic N) is 1. The first-order valence-electron chi connectivity index (χ1n) is 7.33. The Morgan fingerprint density at radius 2 is 1.91 bits per heavy atom. The summed E-state index contributed by atoms with van der Waals surface area (Å²) in [5.74, 6) is 0.258. The first kappa shape index (κ1) is 15.6. The lowest BCUT2D eigenvalue weighted by atomic mass is 10.1. The van der Waals surface area contributed by atoms with Gasteiger partial charge >= 0.3 is 0 Å². The SMILES string of the molecule is Cc1ccc2c(c1)N(CC(=O)c1ccc(Cl)cc1)C(=O)[C@H](C)O2. The van der Waals surface area contributed by atoms with Gasteiger partial charge in [-0.1, -0.05) is 17.7 Å². The molecule has 0 bridgehead atoms. The smallest absolute Gasteiger partial charge is 0.268 e. The van der Waals surface area contributed by atoms with Gasteiger partial charge in [-0.3, -0.25) is 14.5 Å². The van der Waals surface area contributed by atoms with E-state index in [4.69, 9.17) is 16.3 Å². The van der Waals surface area contributed by atoms with E-state index in [9.17, 15) is 9.59 Å². The molecule has 1 aliphatic rings. The molecule has 1 atom stereocenters. The van der Waals surface area contributed by atoms with E-state index >= 15 is 0 Å². The molecule has 4 nitrogen and oxygen atoms in total. The van der Waals surface area contributed by atoms with Gasteiger partial charge in [-0.25, -0.2) is 0 Å². The van der Waals surface area contributed by atoms with Gasteiger partial charge in [-0.15, -0.1) is 0 Å². The Morgan fingerprint density at radius 3 is 2.61 bits per heavy atom. The number of carbonyl (C=O) groups is 2. The van der Waals surface area contributed by atoms with Gasteiger partial charge < -0.3 is 4.74 Å². The van der Waals surface area contributed by atoms with Crippen molar-refractivity contribution in [2.75, 3.05) is 11.4 Å². The fourth-order valence-corrected chi connectivity index (χ4v) is 2.68. The molecule has 0 saturated carbocycles. The second-order valence-electron chi connectivity index (χ2n) is 5.59. The molecular weight excluding hydrogens is 314 g/mol. The van der Waals surface area contributed by atoms with E-state index in [-0.39, 0.29) is 18.2 Å². The predicted molar refractivity (Wildman–Crippen MR) is 89.4 cm³/mol. The molecule has 0 radical (unpaired) electrons. The number of hydrogen-bond donors (Lipinski definition) is 0. The molecule has 0 fully saturated rings. The van der Waals surface area contributed by atoms with Gasteiger partial charge in [0.25, 0.3) is 5.91 Å². The molecule has 0 N–H and O–H groups in total. The highest BCUT2D eigenvalue weighted by Gasteiger charge is 2.32. The van der Waals surface area contributed by atoms with Gasteiger partial charge in [-0.2, -0.15) is 0 Å². The number of aryl methyl sites for hydroxylation is 1. The lowest BCUT2D eigenvalue weighted by molar-refractivity contribution is -0.125. The van der Waals surface area contributed by atoms with Gasteiger partial charge in [0, 0.05) is 10.6 Å². The molecule has 1 aliphatic heterocycles. The minimum atomic E-state index is -0.608. The number of ketones is 1. The number of amides is 1. The van der Waals surface area contributed by atoms with Crippen LogP contribution in [0.15, 0.2) is 42.5 Å².